The highest BCUT2D eigenvalue weighted by Crippen LogP contribution is 2.55. The molecule has 4 aromatic rings. The van der Waals surface area contributed by atoms with E-state index in [0.717, 1.165) is 0 Å². The van der Waals surface area contributed by atoms with Crippen LogP contribution < -0.4 is 0 Å². The molecule has 0 nitrogen and oxygen atoms in total. The van der Waals surface area contributed by atoms with Crippen molar-refractivity contribution in [2.24, 2.45) is 0 Å². The smallest absolute Gasteiger partial charge is 0.0532 e. The van der Waals surface area contributed by atoms with Gasteiger partial charge >= 0.3 is 10.3 Å². The Kier molecular flexibility index (Phi) is 1.69. The van der Waals surface area contributed by atoms with Crippen molar-refractivity contribution >= 4 is 73.2 Å². The first-order chi connectivity index (χ1) is 8.42. The van der Waals surface area contributed by atoms with Gasteiger partial charge in [-0.05, 0) is 23.6 Å². The van der Waals surface area contributed by atoms with E-state index >= 15 is 0 Å². The SMILES string of the molecule is c1cc2ccc3[s+]sc4cc5c(c1SS5)c2c43. The zero-order valence-corrected chi connectivity index (χ0v) is 11.8. The molecule has 0 bridgehead atoms. The topological polar surface area (TPSA) is 0 Å². The van der Waals surface area contributed by atoms with E-state index in [1.54, 1.807) is 0 Å². The van der Waals surface area contributed by atoms with Gasteiger partial charge in [0.2, 0.25) is 0 Å². The number of rotatable bonds is 0. The van der Waals surface area contributed by atoms with Gasteiger partial charge in [-0.3, -0.25) is 0 Å². The Morgan fingerprint density at radius 1 is 0.824 bits per heavy atom. The molecule has 2 heterocycles. The van der Waals surface area contributed by atoms with Gasteiger partial charge in [-0.1, -0.05) is 27.7 Å². The Balaban J connectivity index is 2.30. The highest BCUT2D eigenvalue weighted by atomic mass is 33.1. The number of hydrogen-bond acceptors (Lipinski definition) is 3. The van der Waals surface area contributed by atoms with Crippen molar-refractivity contribution in [1.82, 2.24) is 0 Å². The quantitative estimate of drug-likeness (QED) is 0.283. The summed E-state index contributed by atoms with van der Waals surface area (Å²) in [4.78, 5) is 2.88. The molecule has 0 saturated carbocycles. The first-order valence-electron chi connectivity index (χ1n) is 5.30. The van der Waals surface area contributed by atoms with Crippen LogP contribution in [0.2, 0.25) is 0 Å². The average Bonchev–Trinajstić information content (AvgIpc) is 2.96. The molecule has 1 aromatic heterocycles. The van der Waals surface area contributed by atoms with E-state index in [9.17, 15) is 0 Å². The van der Waals surface area contributed by atoms with E-state index in [1.807, 2.05) is 42.3 Å². The van der Waals surface area contributed by atoms with Gasteiger partial charge < -0.3 is 0 Å². The summed E-state index contributed by atoms with van der Waals surface area (Å²) in [5, 5.41) is 5.85. The minimum atomic E-state index is 1.39. The maximum atomic E-state index is 2.37. The molecule has 1 aliphatic rings. The minimum absolute atomic E-state index is 1.39. The fourth-order valence-corrected chi connectivity index (χ4v) is 7.61. The first-order valence-corrected chi connectivity index (χ1v) is 9.60. The molecular weight excluding hydrogens is 284 g/mol. The van der Waals surface area contributed by atoms with E-state index in [1.165, 1.54) is 40.7 Å². The molecule has 0 atom stereocenters. The van der Waals surface area contributed by atoms with Crippen molar-refractivity contribution in [3.63, 3.8) is 0 Å². The number of hydrogen-bond donors (Lipinski definition) is 0. The van der Waals surface area contributed by atoms with Crippen LogP contribution in [-0.4, -0.2) is 0 Å². The molecule has 0 aliphatic carbocycles. The molecule has 0 saturated heterocycles. The van der Waals surface area contributed by atoms with Crippen LogP contribution in [0, 0.1) is 0 Å². The lowest BCUT2D eigenvalue weighted by molar-refractivity contribution is 1.51. The summed E-state index contributed by atoms with van der Waals surface area (Å²) in [6.07, 6.45) is 0. The lowest BCUT2D eigenvalue weighted by Crippen LogP contribution is -1.80. The van der Waals surface area contributed by atoms with E-state index in [-0.39, 0.29) is 0 Å². The van der Waals surface area contributed by atoms with E-state index in [2.05, 4.69) is 30.3 Å². The van der Waals surface area contributed by atoms with Gasteiger partial charge in [0.1, 0.15) is 0 Å². The Bertz CT molecular complexity index is 890. The normalized spacial score (nSPS) is 14.6. The van der Waals surface area contributed by atoms with Crippen molar-refractivity contribution in [3.8, 4) is 0 Å². The van der Waals surface area contributed by atoms with Crippen LogP contribution in [0.25, 0.3) is 30.9 Å². The van der Waals surface area contributed by atoms with Crippen molar-refractivity contribution < 1.29 is 0 Å². The molecule has 80 valence electrons. The van der Waals surface area contributed by atoms with Gasteiger partial charge in [0, 0.05) is 26.6 Å². The van der Waals surface area contributed by atoms with Crippen molar-refractivity contribution in [2.45, 2.75) is 9.79 Å². The van der Waals surface area contributed by atoms with Crippen molar-refractivity contribution in [3.05, 3.63) is 30.3 Å². The predicted octanol–water partition coefficient (Wildman–Crippen LogP) is 6.10. The van der Waals surface area contributed by atoms with Crippen LogP contribution in [0.5, 0.6) is 0 Å². The summed E-state index contributed by atoms with van der Waals surface area (Å²) in [6.45, 7) is 0. The molecule has 17 heavy (non-hydrogen) atoms. The van der Waals surface area contributed by atoms with Gasteiger partial charge in [-0.2, -0.15) is 0 Å². The average molecular weight is 289 g/mol. The van der Waals surface area contributed by atoms with E-state index in [0.29, 0.717) is 0 Å². The molecule has 0 amide bonds. The molecule has 1 aliphatic heterocycles. The van der Waals surface area contributed by atoms with E-state index < -0.39 is 0 Å². The number of benzene rings is 3. The molecule has 0 fully saturated rings. The third kappa shape index (κ3) is 1.06. The zero-order valence-electron chi connectivity index (χ0n) is 8.52. The molecule has 0 N–H and O–H groups in total. The molecule has 5 rings (SSSR count). The largest absolute Gasteiger partial charge is 0.301 e. The lowest BCUT2D eigenvalue weighted by Gasteiger charge is -2.04. The van der Waals surface area contributed by atoms with Crippen LogP contribution in [0.4, 0.5) is 0 Å². The van der Waals surface area contributed by atoms with Gasteiger partial charge in [0.15, 0.2) is 10.3 Å². The van der Waals surface area contributed by atoms with Crippen LogP contribution in [-0.2, 0) is 0 Å². The lowest BCUT2D eigenvalue weighted by atomic mass is 10.0. The second-order valence-corrected chi connectivity index (χ2v) is 8.61. The van der Waals surface area contributed by atoms with E-state index in [4.69, 9.17) is 0 Å². The van der Waals surface area contributed by atoms with Crippen LogP contribution in [0.15, 0.2) is 40.1 Å². The third-order valence-electron chi connectivity index (χ3n) is 3.31. The first kappa shape index (κ1) is 9.39. The van der Waals surface area contributed by atoms with Gasteiger partial charge in [0.05, 0.1) is 10.1 Å². The summed E-state index contributed by atoms with van der Waals surface area (Å²) in [6, 6.07) is 11.4. The summed E-state index contributed by atoms with van der Waals surface area (Å²) in [7, 11) is 7.61. The van der Waals surface area contributed by atoms with Gasteiger partial charge in [-0.25, -0.2) is 0 Å². The summed E-state index contributed by atoms with van der Waals surface area (Å²) in [5.74, 6) is 0. The third-order valence-corrected chi connectivity index (χ3v) is 8.17. The highest BCUT2D eigenvalue weighted by molar-refractivity contribution is 8.77. The monoisotopic (exact) mass is 289 g/mol. The maximum absolute atomic E-state index is 2.37. The van der Waals surface area contributed by atoms with Crippen molar-refractivity contribution in [1.29, 1.82) is 0 Å². The summed E-state index contributed by atoms with van der Waals surface area (Å²) < 4.78 is 2.88. The van der Waals surface area contributed by atoms with Gasteiger partial charge in [-0.15, -0.1) is 0 Å². The van der Waals surface area contributed by atoms with Crippen LogP contribution in [0.3, 0.4) is 0 Å². The Hall–Kier alpha value is -0.550. The summed E-state index contributed by atoms with van der Waals surface area (Å²) >= 11 is 0. The molecule has 0 spiro atoms. The second-order valence-electron chi connectivity index (χ2n) is 4.18. The molecule has 4 heteroatoms. The maximum Gasteiger partial charge on any atom is 0.301 e. The van der Waals surface area contributed by atoms with Crippen LogP contribution in [0.1, 0.15) is 0 Å². The molecule has 0 unspecified atom stereocenters. The fourth-order valence-electron chi connectivity index (χ4n) is 2.58. The Morgan fingerprint density at radius 2 is 1.71 bits per heavy atom. The Morgan fingerprint density at radius 3 is 2.71 bits per heavy atom. The zero-order chi connectivity index (χ0) is 11.0. The Labute approximate surface area is 113 Å². The predicted molar refractivity (Wildman–Crippen MR) is 82.0 cm³/mol. The fraction of sp³-hybridized carbons (Fsp3) is 0. The minimum Gasteiger partial charge on any atom is -0.0532 e. The molecular formula is C13H5S4+. The van der Waals surface area contributed by atoms with Crippen molar-refractivity contribution in [2.75, 3.05) is 0 Å². The molecule has 3 aromatic carbocycles. The second kappa shape index (κ2) is 3.06. The highest BCUT2D eigenvalue weighted by Gasteiger charge is 2.25. The summed E-state index contributed by atoms with van der Waals surface area (Å²) in [5.41, 5.74) is 0. The molecule has 0 radical (unpaired) electrons. The standard InChI is InChI=1S/C13H5S4/c1-3-7-12-9(16-14-7)5-10-13-8(15-17-10)4-2-6(1)11(12)13/h1-5H/q+1. The van der Waals surface area contributed by atoms with Gasteiger partial charge in [0.25, 0.3) is 4.70 Å². The van der Waals surface area contributed by atoms with Crippen LogP contribution >= 0.6 is 42.3 Å².